The van der Waals surface area contributed by atoms with Crippen LogP contribution < -0.4 is 10.2 Å². The number of nitrogens with one attached hydrogen (secondary N) is 1. The Hall–Kier alpha value is -2.50. The van der Waals surface area contributed by atoms with Gasteiger partial charge in [0.25, 0.3) is 0 Å². The number of hydrogen-bond acceptors (Lipinski definition) is 4. The molecule has 1 N–H and O–H groups in total. The SMILES string of the molecule is O=C(CSC(c1ccccc1)c1ccc(Cl)cc1)NCc1ccc(N2CCCC2)nc1. The molecule has 0 saturated carbocycles. The fraction of sp³-hybridized carbons (Fsp3) is 0.280. The predicted molar refractivity (Wildman–Crippen MR) is 130 cm³/mol. The van der Waals surface area contributed by atoms with E-state index in [-0.39, 0.29) is 11.2 Å². The van der Waals surface area contributed by atoms with Crippen molar-refractivity contribution in [2.24, 2.45) is 0 Å². The number of halogens is 1. The van der Waals surface area contributed by atoms with Crippen LogP contribution in [0.25, 0.3) is 0 Å². The van der Waals surface area contributed by atoms with E-state index < -0.39 is 0 Å². The molecule has 1 aliphatic rings. The third-order valence-electron chi connectivity index (χ3n) is 5.39. The normalized spacial score (nSPS) is 14.4. The predicted octanol–water partition coefficient (Wildman–Crippen LogP) is 5.47. The first-order valence-corrected chi connectivity index (χ1v) is 12.0. The molecule has 2 aromatic carbocycles. The van der Waals surface area contributed by atoms with E-state index in [0.29, 0.717) is 17.3 Å². The summed E-state index contributed by atoms with van der Waals surface area (Å²) in [6.07, 6.45) is 4.33. The zero-order chi connectivity index (χ0) is 21.5. The van der Waals surface area contributed by atoms with E-state index in [9.17, 15) is 4.79 Å². The van der Waals surface area contributed by atoms with Crippen LogP contribution >= 0.6 is 23.4 Å². The lowest BCUT2D eigenvalue weighted by Gasteiger charge is -2.18. The minimum absolute atomic E-state index is 0.0171. The summed E-state index contributed by atoms with van der Waals surface area (Å²) in [5.74, 6) is 1.42. The molecular formula is C25H26ClN3OS. The highest BCUT2D eigenvalue weighted by atomic mass is 35.5. The Morgan fingerprint density at radius 2 is 1.71 bits per heavy atom. The van der Waals surface area contributed by atoms with E-state index in [1.54, 1.807) is 11.8 Å². The van der Waals surface area contributed by atoms with Crippen LogP contribution in [0.5, 0.6) is 0 Å². The zero-order valence-electron chi connectivity index (χ0n) is 17.3. The smallest absolute Gasteiger partial charge is 0.230 e. The van der Waals surface area contributed by atoms with E-state index in [1.165, 1.54) is 18.4 Å². The summed E-state index contributed by atoms with van der Waals surface area (Å²) >= 11 is 7.68. The van der Waals surface area contributed by atoms with Gasteiger partial charge in [-0.25, -0.2) is 4.98 Å². The van der Waals surface area contributed by atoms with Gasteiger partial charge in [0.05, 0.1) is 11.0 Å². The summed E-state index contributed by atoms with van der Waals surface area (Å²) in [4.78, 5) is 19.4. The second-order valence-corrected chi connectivity index (χ2v) is 9.18. The first-order chi connectivity index (χ1) is 15.2. The van der Waals surface area contributed by atoms with Crippen LogP contribution in [0.15, 0.2) is 72.9 Å². The van der Waals surface area contributed by atoms with Crippen LogP contribution in [0.3, 0.4) is 0 Å². The van der Waals surface area contributed by atoms with E-state index in [4.69, 9.17) is 11.6 Å². The van der Waals surface area contributed by atoms with Gasteiger partial charge in [-0.3, -0.25) is 4.79 Å². The van der Waals surface area contributed by atoms with Crippen molar-refractivity contribution < 1.29 is 4.79 Å². The number of amides is 1. The molecule has 0 radical (unpaired) electrons. The molecular weight excluding hydrogens is 426 g/mol. The number of thioether (sulfide) groups is 1. The van der Waals surface area contributed by atoms with E-state index in [2.05, 4.69) is 33.4 Å². The fourth-order valence-electron chi connectivity index (χ4n) is 3.72. The highest BCUT2D eigenvalue weighted by molar-refractivity contribution is 8.00. The molecule has 0 spiro atoms. The molecule has 4 nitrogen and oxygen atoms in total. The summed E-state index contributed by atoms with van der Waals surface area (Å²) < 4.78 is 0. The average molecular weight is 452 g/mol. The summed E-state index contributed by atoms with van der Waals surface area (Å²) in [6, 6.07) is 22.2. The fourth-order valence-corrected chi connectivity index (χ4v) is 4.96. The molecule has 1 saturated heterocycles. The Kier molecular flexibility index (Phi) is 7.49. The van der Waals surface area contributed by atoms with Crippen LogP contribution in [0.1, 0.15) is 34.8 Å². The Morgan fingerprint density at radius 1 is 1.00 bits per heavy atom. The number of anilines is 1. The van der Waals surface area contributed by atoms with Gasteiger partial charge in [0.15, 0.2) is 0 Å². The van der Waals surface area contributed by atoms with Crippen LogP contribution in [0.2, 0.25) is 5.02 Å². The Labute approximate surface area is 193 Å². The Bertz CT molecular complexity index is 974. The zero-order valence-corrected chi connectivity index (χ0v) is 18.9. The van der Waals surface area contributed by atoms with Crippen LogP contribution in [-0.2, 0) is 11.3 Å². The second-order valence-electron chi connectivity index (χ2n) is 7.65. The van der Waals surface area contributed by atoms with Gasteiger partial charge in [-0.15, -0.1) is 11.8 Å². The van der Waals surface area contributed by atoms with Gasteiger partial charge < -0.3 is 10.2 Å². The third kappa shape index (κ3) is 6.02. The highest BCUT2D eigenvalue weighted by Crippen LogP contribution is 2.35. The van der Waals surface area contributed by atoms with Gasteiger partial charge in [0.1, 0.15) is 5.82 Å². The van der Waals surface area contributed by atoms with Crippen LogP contribution in [0.4, 0.5) is 5.82 Å². The molecule has 1 aromatic heterocycles. The summed E-state index contributed by atoms with van der Waals surface area (Å²) in [5, 5.41) is 3.81. The number of pyridine rings is 1. The molecule has 2 heterocycles. The number of carbonyl (C=O) groups excluding carboxylic acids is 1. The molecule has 1 atom stereocenters. The number of benzene rings is 2. The molecule has 0 bridgehead atoms. The number of aromatic nitrogens is 1. The Balaban J connectivity index is 1.33. The third-order valence-corrected chi connectivity index (χ3v) is 6.94. The highest BCUT2D eigenvalue weighted by Gasteiger charge is 2.17. The first kappa shape index (κ1) is 21.7. The molecule has 31 heavy (non-hydrogen) atoms. The van der Waals surface area contributed by atoms with E-state index >= 15 is 0 Å². The standard InChI is InChI=1S/C25H26ClN3OS/c26-22-11-9-21(10-12-22)25(20-6-2-1-3-7-20)31-18-24(30)28-17-19-8-13-23(27-16-19)29-14-4-5-15-29/h1-3,6-13,16,25H,4-5,14-15,17-18H2,(H,28,30). The van der Waals surface area contributed by atoms with Crippen LogP contribution in [0, 0.1) is 0 Å². The van der Waals surface area contributed by atoms with Crippen LogP contribution in [-0.4, -0.2) is 29.7 Å². The molecule has 1 unspecified atom stereocenters. The van der Waals surface area contributed by atoms with Crippen molar-refractivity contribution >= 4 is 35.1 Å². The molecule has 0 aliphatic carbocycles. The second kappa shape index (κ2) is 10.7. The largest absolute Gasteiger partial charge is 0.357 e. The molecule has 1 fully saturated rings. The van der Waals surface area contributed by atoms with Crippen molar-refractivity contribution in [1.29, 1.82) is 0 Å². The molecule has 160 valence electrons. The summed E-state index contributed by atoms with van der Waals surface area (Å²) in [5.41, 5.74) is 3.32. The molecule has 4 rings (SSSR count). The van der Waals surface area contributed by atoms with E-state index in [1.807, 2.05) is 54.7 Å². The summed E-state index contributed by atoms with van der Waals surface area (Å²) in [6.45, 7) is 2.65. The maximum absolute atomic E-state index is 12.5. The molecule has 1 amide bonds. The first-order valence-electron chi connectivity index (χ1n) is 10.6. The van der Waals surface area contributed by atoms with Gasteiger partial charge in [0, 0.05) is 30.9 Å². The average Bonchev–Trinajstić information content (AvgIpc) is 3.35. The maximum atomic E-state index is 12.5. The molecule has 1 aliphatic heterocycles. The van der Waals surface area contributed by atoms with E-state index in [0.717, 1.165) is 30.0 Å². The number of hydrogen-bond donors (Lipinski definition) is 1. The topological polar surface area (TPSA) is 45.2 Å². The molecule has 6 heteroatoms. The van der Waals surface area contributed by atoms with Crippen molar-refractivity contribution in [3.8, 4) is 0 Å². The van der Waals surface area contributed by atoms with Gasteiger partial charge in [-0.2, -0.15) is 0 Å². The van der Waals surface area contributed by atoms with Gasteiger partial charge in [-0.05, 0) is 47.7 Å². The number of carbonyl (C=O) groups is 1. The lowest BCUT2D eigenvalue weighted by atomic mass is 10.0. The number of rotatable bonds is 8. The van der Waals surface area contributed by atoms with Crippen molar-refractivity contribution in [2.75, 3.05) is 23.7 Å². The van der Waals surface area contributed by atoms with Gasteiger partial charge in [-0.1, -0.05) is 60.1 Å². The minimum Gasteiger partial charge on any atom is -0.357 e. The van der Waals surface area contributed by atoms with Crippen molar-refractivity contribution in [1.82, 2.24) is 10.3 Å². The molecule has 3 aromatic rings. The van der Waals surface area contributed by atoms with Crippen molar-refractivity contribution in [3.63, 3.8) is 0 Å². The van der Waals surface area contributed by atoms with Gasteiger partial charge in [0.2, 0.25) is 5.91 Å². The minimum atomic E-state index is 0.0171. The van der Waals surface area contributed by atoms with Gasteiger partial charge >= 0.3 is 0 Å². The lowest BCUT2D eigenvalue weighted by Crippen LogP contribution is -2.25. The number of nitrogens with zero attached hydrogens (tertiary/aromatic N) is 2. The lowest BCUT2D eigenvalue weighted by molar-refractivity contribution is -0.118. The van der Waals surface area contributed by atoms with Crippen molar-refractivity contribution in [2.45, 2.75) is 24.6 Å². The van der Waals surface area contributed by atoms with Crippen molar-refractivity contribution in [3.05, 3.63) is 94.6 Å². The summed E-state index contributed by atoms with van der Waals surface area (Å²) in [7, 11) is 0. The monoisotopic (exact) mass is 451 g/mol. The quantitative estimate of drug-likeness (QED) is 0.493. The maximum Gasteiger partial charge on any atom is 0.230 e. The Morgan fingerprint density at radius 3 is 2.39 bits per heavy atom.